The summed E-state index contributed by atoms with van der Waals surface area (Å²) in [7, 11) is 0. The summed E-state index contributed by atoms with van der Waals surface area (Å²) >= 11 is 0. The van der Waals surface area contributed by atoms with Crippen LogP contribution in [0.1, 0.15) is 51.9 Å². The van der Waals surface area contributed by atoms with Gasteiger partial charge in [-0.05, 0) is 29.3 Å². The molecule has 0 radical (unpaired) electrons. The number of rotatable bonds is 13. The van der Waals surface area contributed by atoms with Crippen molar-refractivity contribution in [1.82, 2.24) is 0 Å². The number of carbonyl (C=O) groups is 1. The highest BCUT2D eigenvalue weighted by Crippen LogP contribution is 2.12. The zero-order chi connectivity index (χ0) is 14.3. The summed E-state index contributed by atoms with van der Waals surface area (Å²) in [6, 6.07) is 0. The van der Waals surface area contributed by atoms with Crippen LogP contribution in [0.25, 0.3) is 0 Å². The van der Waals surface area contributed by atoms with Gasteiger partial charge >= 0.3 is 5.97 Å². The van der Waals surface area contributed by atoms with E-state index in [2.05, 4.69) is 21.5 Å². The van der Waals surface area contributed by atoms with Crippen molar-refractivity contribution in [2.45, 2.75) is 58.0 Å². The van der Waals surface area contributed by atoms with Crippen molar-refractivity contribution in [2.24, 2.45) is 0 Å². The Morgan fingerprint density at radius 1 is 1.26 bits per heavy atom. The fourth-order valence-corrected chi connectivity index (χ4v) is 1.76. The van der Waals surface area contributed by atoms with Gasteiger partial charge in [0.2, 0.25) is 0 Å². The molecule has 0 aliphatic heterocycles. The van der Waals surface area contributed by atoms with Gasteiger partial charge in [-0.1, -0.05) is 25.3 Å². The number of ether oxygens (including phenoxy) is 1. The van der Waals surface area contributed by atoms with Crippen molar-refractivity contribution >= 4 is 5.97 Å². The maximum atomic E-state index is 10.9. The monoisotopic (exact) mass is 276 g/mol. The first-order valence-electron chi connectivity index (χ1n) is 6.58. The van der Waals surface area contributed by atoms with E-state index in [1.165, 1.54) is 6.92 Å². The first kappa shape index (κ1) is 18.0. The lowest BCUT2D eigenvalue weighted by atomic mass is 10.1. The molecule has 1 unspecified atom stereocenters. The third-order valence-corrected chi connectivity index (χ3v) is 2.59. The average molecular weight is 276 g/mol. The first-order valence-corrected chi connectivity index (χ1v) is 6.58. The van der Waals surface area contributed by atoms with Crippen molar-refractivity contribution < 1.29 is 29.8 Å². The van der Waals surface area contributed by atoms with Crippen LogP contribution in [-0.4, -0.2) is 23.9 Å². The number of esters is 1. The van der Waals surface area contributed by atoms with Gasteiger partial charge in [-0.2, -0.15) is 0 Å². The quantitative estimate of drug-likeness (QED) is 0.183. The van der Waals surface area contributed by atoms with E-state index in [0.717, 1.165) is 38.5 Å². The van der Waals surface area contributed by atoms with Crippen LogP contribution in [0.4, 0.5) is 0 Å². The topological polar surface area (TPSA) is 74.2 Å². The van der Waals surface area contributed by atoms with E-state index in [0.29, 0.717) is 13.0 Å². The minimum Gasteiger partial charge on any atom is -0.462 e. The first-order chi connectivity index (χ1) is 9.20. The van der Waals surface area contributed by atoms with Gasteiger partial charge in [-0.25, -0.2) is 10.1 Å². The van der Waals surface area contributed by atoms with Crippen LogP contribution in [0.2, 0.25) is 0 Å². The summed E-state index contributed by atoms with van der Waals surface area (Å²) < 4.78 is 5.18. The van der Waals surface area contributed by atoms with Crippen LogP contribution in [-0.2, 0) is 24.5 Å². The molecule has 0 aliphatic carbocycles. The fraction of sp³-hybridized carbons (Fsp3) is 0.769. The molecule has 0 heterocycles. The molecule has 0 saturated carbocycles. The molecule has 112 valence electrons. The predicted molar refractivity (Wildman–Crippen MR) is 68.8 cm³/mol. The van der Waals surface area contributed by atoms with Crippen molar-refractivity contribution in [1.29, 1.82) is 0 Å². The molecule has 0 fully saturated rings. The Bertz CT molecular complexity index is 231. The Balaban J connectivity index is 3.39. The molecule has 0 spiro atoms. The zero-order valence-electron chi connectivity index (χ0n) is 11.5. The van der Waals surface area contributed by atoms with Gasteiger partial charge in [-0.3, -0.25) is 4.79 Å². The van der Waals surface area contributed by atoms with Crippen molar-refractivity contribution in [3.63, 3.8) is 0 Å². The molecule has 0 saturated heterocycles. The highest BCUT2D eigenvalue weighted by Gasteiger charge is 2.09. The molecule has 0 aliphatic rings. The maximum absolute atomic E-state index is 10.9. The molecule has 1 N–H and O–H groups in total. The third-order valence-electron chi connectivity index (χ3n) is 2.59. The molecule has 0 aromatic carbocycles. The van der Waals surface area contributed by atoms with Crippen LogP contribution in [0.5, 0.6) is 0 Å². The lowest BCUT2D eigenvalue weighted by molar-refractivity contribution is -0.623. The molecule has 0 bridgehead atoms. The smallest absolute Gasteiger partial charge is 0.302 e. The second-order valence-electron chi connectivity index (χ2n) is 4.28. The zero-order valence-corrected chi connectivity index (χ0v) is 11.5. The molecule has 0 aromatic rings. The number of carbonyl (C=O) groups excluding carboxylic acids is 1. The summed E-state index contributed by atoms with van der Waals surface area (Å²) in [4.78, 5) is 15.3. The standard InChI is InChI=1S/C13H24O6/c1-3-9-13(17-12(2)14)10-7-5-4-6-8-11-16-19-18-15/h3,13,15H,1,4-11H2,2H3. The van der Waals surface area contributed by atoms with Gasteiger partial charge in [-0.15, -0.1) is 6.58 Å². The van der Waals surface area contributed by atoms with Crippen molar-refractivity contribution in [2.75, 3.05) is 6.61 Å². The number of unbranched alkanes of at least 4 members (excludes halogenated alkanes) is 4. The van der Waals surface area contributed by atoms with E-state index >= 15 is 0 Å². The van der Waals surface area contributed by atoms with Crippen LogP contribution >= 0.6 is 0 Å². The Kier molecular flexibility index (Phi) is 12.8. The van der Waals surface area contributed by atoms with E-state index in [4.69, 9.17) is 9.99 Å². The Morgan fingerprint density at radius 3 is 2.58 bits per heavy atom. The minimum atomic E-state index is -0.241. The fourth-order valence-electron chi connectivity index (χ4n) is 1.76. The molecule has 0 aromatic heterocycles. The molecule has 0 amide bonds. The third kappa shape index (κ3) is 13.3. The Labute approximate surface area is 114 Å². The Morgan fingerprint density at radius 2 is 1.95 bits per heavy atom. The summed E-state index contributed by atoms with van der Waals surface area (Å²) in [5, 5.41) is 15.0. The minimum absolute atomic E-state index is 0.0477. The number of hydrogen-bond acceptors (Lipinski definition) is 6. The molecule has 1 atom stereocenters. The molecule has 6 heteroatoms. The van der Waals surface area contributed by atoms with E-state index in [9.17, 15) is 4.79 Å². The van der Waals surface area contributed by atoms with E-state index in [1.54, 1.807) is 6.08 Å². The van der Waals surface area contributed by atoms with Gasteiger partial charge in [0.1, 0.15) is 6.10 Å². The average Bonchev–Trinajstić information content (AvgIpc) is 2.36. The van der Waals surface area contributed by atoms with Crippen LogP contribution in [0.15, 0.2) is 12.7 Å². The summed E-state index contributed by atoms with van der Waals surface area (Å²) in [6.45, 7) is 5.46. The van der Waals surface area contributed by atoms with Crippen LogP contribution in [0.3, 0.4) is 0 Å². The number of hydrogen-bond donors (Lipinski definition) is 1. The summed E-state index contributed by atoms with van der Waals surface area (Å²) in [5.41, 5.74) is 0. The van der Waals surface area contributed by atoms with E-state index in [-0.39, 0.29) is 12.1 Å². The van der Waals surface area contributed by atoms with Gasteiger partial charge in [0.05, 0.1) is 6.61 Å². The van der Waals surface area contributed by atoms with E-state index in [1.807, 2.05) is 0 Å². The van der Waals surface area contributed by atoms with Crippen LogP contribution < -0.4 is 0 Å². The maximum Gasteiger partial charge on any atom is 0.302 e. The normalized spacial score (nSPS) is 12.1. The highest BCUT2D eigenvalue weighted by molar-refractivity contribution is 5.66. The molecule has 6 nitrogen and oxygen atoms in total. The molecular weight excluding hydrogens is 252 g/mol. The van der Waals surface area contributed by atoms with Gasteiger partial charge < -0.3 is 4.74 Å². The molecule has 19 heavy (non-hydrogen) atoms. The van der Waals surface area contributed by atoms with Gasteiger partial charge in [0.25, 0.3) is 0 Å². The molecular formula is C13H24O6. The SMILES string of the molecule is C=CCC(CCCCCCCOOOO)OC(C)=O. The van der Waals surface area contributed by atoms with E-state index < -0.39 is 0 Å². The lowest BCUT2D eigenvalue weighted by Gasteiger charge is -2.14. The molecule has 0 rings (SSSR count). The van der Waals surface area contributed by atoms with Crippen LogP contribution in [0, 0.1) is 0 Å². The largest absolute Gasteiger partial charge is 0.462 e. The lowest BCUT2D eigenvalue weighted by Crippen LogP contribution is -2.15. The highest BCUT2D eigenvalue weighted by atomic mass is 17.6. The Hall–Kier alpha value is -0.950. The van der Waals surface area contributed by atoms with Gasteiger partial charge in [0.15, 0.2) is 0 Å². The second-order valence-corrected chi connectivity index (χ2v) is 4.28. The van der Waals surface area contributed by atoms with Gasteiger partial charge in [0, 0.05) is 13.3 Å². The predicted octanol–water partition coefficient (Wildman–Crippen LogP) is 3.19. The van der Waals surface area contributed by atoms with Crippen molar-refractivity contribution in [3.8, 4) is 0 Å². The van der Waals surface area contributed by atoms with Crippen molar-refractivity contribution in [3.05, 3.63) is 12.7 Å². The summed E-state index contributed by atoms with van der Waals surface area (Å²) in [6.07, 6.45) is 8.30. The second kappa shape index (κ2) is 13.5. The summed E-state index contributed by atoms with van der Waals surface area (Å²) in [5.74, 6) is -0.241.